The third-order valence-electron chi connectivity index (χ3n) is 4.87. The second-order valence-electron chi connectivity index (χ2n) is 7.26. The van der Waals surface area contributed by atoms with Crippen molar-refractivity contribution in [2.75, 3.05) is 5.32 Å². The molecule has 4 aromatic rings. The standard InChI is InChI=1S/C26H20BrN3O2/c1-17-7-11-20(12-8-17)25(31)30-23(16-18-9-13-21(27)14-10-18)26(32)29-22-6-2-4-19-5-3-15-28-24(19)22/h2-16H,1H3,(H,29,32)(H,30,31). The van der Waals surface area contributed by atoms with Crippen LogP contribution in [0.25, 0.3) is 17.0 Å². The molecule has 0 spiro atoms. The Morgan fingerprint density at radius 3 is 2.38 bits per heavy atom. The average Bonchev–Trinajstić information content (AvgIpc) is 2.80. The first kappa shape index (κ1) is 21.5. The summed E-state index contributed by atoms with van der Waals surface area (Å²) in [6.45, 7) is 1.95. The topological polar surface area (TPSA) is 71.1 Å². The van der Waals surface area contributed by atoms with E-state index >= 15 is 0 Å². The zero-order valence-electron chi connectivity index (χ0n) is 17.3. The van der Waals surface area contributed by atoms with E-state index in [1.165, 1.54) is 0 Å². The second kappa shape index (κ2) is 9.58. The van der Waals surface area contributed by atoms with Crippen molar-refractivity contribution < 1.29 is 9.59 Å². The third-order valence-corrected chi connectivity index (χ3v) is 5.40. The van der Waals surface area contributed by atoms with Crippen molar-refractivity contribution in [3.05, 3.63) is 112 Å². The molecule has 0 unspecified atom stereocenters. The van der Waals surface area contributed by atoms with Crippen LogP contribution >= 0.6 is 15.9 Å². The van der Waals surface area contributed by atoms with Crippen LogP contribution < -0.4 is 10.6 Å². The molecule has 158 valence electrons. The number of nitrogens with zero attached hydrogens (tertiary/aromatic N) is 1. The summed E-state index contributed by atoms with van der Waals surface area (Å²) in [5.74, 6) is -0.800. The smallest absolute Gasteiger partial charge is 0.272 e. The van der Waals surface area contributed by atoms with Crippen LogP contribution in [0.4, 0.5) is 5.69 Å². The molecule has 1 aromatic heterocycles. The average molecular weight is 486 g/mol. The van der Waals surface area contributed by atoms with Crippen molar-refractivity contribution >= 4 is 50.4 Å². The van der Waals surface area contributed by atoms with Gasteiger partial charge in [-0.15, -0.1) is 0 Å². The molecule has 5 nitrogen and oxygen atoms in total. The maximum absolute atomic E-state index is 13.2. The number of anilines is 1. The van der Waals surface area contributed by atoms with Gasteiger partial charge in [-0.05, 0) is 55.0 Å². The molecule has 1 heterocycles. The molecule has 0 radical (unpaired) electrons. The van der Waals surface area contributed by atoms with Gasteiger partial charge in [0.15, 0.2) is 0 Å². The summed E-state index contributed by atoms with van der Waals surface area (Å²) < 4.78 is 0.922. The number of halogens is 1. The lowest BCUT2D eigenvalue weighted by Gasteiger charge is -2.13. The van der Waals surface area contributed by atoms with Crippen molar-refractivity contribution in [2.45, 2.75) is 6.92 Å². The fraction of sp³-hybridized carbons (Fsp3) is 0.0385. The van der Waals surface area contributed by atoms with Crippen LogP contribution in [-0.2, 0) is 4.79 Å². The van der Waals surface area contributed by atoms with Crippen molar-refractivity contribution in [2.24, 2.45) is 0 Å². The number of benzene rings is 3. The summed E-state index contributed by atoms with van der Waals surface area (Å²) in [6.07, 6.45) is 3.32. The van der Waals surface area contributed by atoms with E-state index in [1.807, 2.05) is 67.6 Å². The number of rotatable bonds is 5. The van der Waals surface area contributed by atoms with Gasteiger partial charge in [0.2, 0.25) is 0 Å². The minimum absolute atomic E-state index is 0.130. The number of para-hydroxylation sites is 1. The Hall–Kier alpha value is -3.77. The van der Waals surface area contributed by atoms with Gasteiger partial charge < -0.3 is 10.6 Å². The van der Waals surface area contributed by atoms with Crippen LogP contribution in [-0.4, -0.2) is 16.8 Å². The van der Waals surface area contributed by atoms with E-state index in [0.29, 0.717) is 16.8 Å². The Kier molecular flexibility index (Phi) is 6.42. The molecular formula is C26H20BrN3O2. The highest BCUT2D eigenvalue weighted by Crippen LogP contribution is 2.21. The minimum atomic E-state index is -0.438. The fourth-order valence-corrected chi connectivity index (χ4v) is 3.44. The first-order valence-corrected chi connectivity index (χ1v) is 10.8. The third kappa shape index (κ3) is 5.10. The normalized spacial score (nSPS) is 11.2. The lowest BCUT2D eigenvalue weighted by atomic mass is 10.1. The van der Waals surface area contributed by atoms with Crippen LogP contribution in [0.2, 0.25) is 0 Å². The first-order chi connectivity index (χ1) is 15.5. The molecule has 2 amide bonds. The van der Waals surface area contributed by atoms with Gasteiger partial charge in [0, 0.05) is 21.6 Å². The number of aryl methyl sites for hydroxylation is 1. The van der Waals surface area contributed by atoms with Crippen LogP contribution in [0.1, 0.15) is 21.5 Å². The second-order valence-corrected chi connectivity index (χ2v) is 8.18. The Morgan fingerprint density at radius 1 is 0.906 bits per heavy atom. The number of aromatic nitrogens is 1. The van der Waals surface area contributed by atoms with Gasteiger partial charge >= 0.3 is 0 Å². The Labute approximate surface area is 194 Å². The molecule has 4 rings (SSSR count). The van der Waals surface area contributed by atoms with Crippen LogP contribution in [0.15, 0.2) is 95.2 Å². The van der Waals surface area contributed by atoms with Crippen LogP contribution in [0.5, 0.6) is 0 Å². The minimum Gasteiger partial charge on any atom is -0.319 e. The van der Waals surface area contributed by atoms with E-state index in [1.54, 1.807) is 30.5 Å². The molecule has 0 aliphatic rings. The van der Waals surface area contributed by atoms with E-state index < -0.39 is 5.91 Å². The molecule has 0 saturated heterocycles. The number of carbonyl (C=O) groups is 2. The van der Waals surface area contributed by atoms with Gasteiger partial charge in [0.05, 0.1) is 11.2 Å². The number of carbonyl (C=O) groups excluding carboxylic acids is 2. The maximum Gasteiger partial charge on any atom is 0.272 e. The monoisotopic (exact) mass is 485 g/mol. The molecule has 2 N–H and O–H groups in total. The Balaban J connectivity index is 1.66. The summed E-state index contributed by atoms with van der Waals surface area (Å²) in [4.78, 5) is 30.4. The molecule has 0 fully saturated rings. The molecule has 0 aliphatic heterocycles. The number of pyridine rings is 1. The molecule has 0 aliphatic carbocycles. The molecular weight excluding hydrogens is 466 g/mol. The molecule has 32 heavy (non-hydrogen) atoms. The fourth-order valence-electron chi connectivity index (χ4n) is 3.18. The highest BCUT2D eigenvalue weighted by Gasteiger charge is 2.16. The zero-order chi connectivity index (χ0) is 22.5. The van der Waals surface area contributed by atoms with Crippen molar-refractivity contribution in [1.82, 2.24) is 10.3 Å². The Bertz CT molecular complexity index is 1310. The largest absolute Gasteiger partial charge is 0.319 e. The summed E-state index contributed by atoms with van der Waals surface area (Å²) >= 11 is 3.41. The molecule has 0 saturated carbocycles. The summed E-state index contributed by atoms with van der Waals surface area (Å²) in [5, 5.41) is 6.56. The predicted octanol–water partition coefficient (Wildman–Crippen LogP) is 5.72. The first-order valence-electron chi connectivity index (χ1n) is 10.00. The van der Waals surface area contributed by atoms with Gasteiger partial charge in [-0.1, -0.05) is 64.0 Å². The van der Waals surface area contributed by atoms with E-state index in [4.69, 9.17) is 0 Å². The SMILES string of the molecule is Cc1ccc(C(=O)NC(=Cc2ccc(Br)cc2)C(=O)Nc2cccc3cccnc23)cc1. The number of hydrogen-bond acceptors (Lipinski definition) is 3. The van der Waals surface area contributed by atoms with Crippen LogP contribution in [0.3, 0.4) is 0 Å². The van der Waals surface area contributed by atoms with Gasteiger partial charge in [0.1, 0.15) is 5.70 Å². The van der Waals surface area contributed by atoms with Crippen molar-refractivity contribution in [3.63, 3.8) is 0 Å². The number of amides is 2. The quantitative estimate of drug-likeness (QED) is 0.355. The number of nitrogens with one attached hydrogen (secondary N) is 2. The maximum atomic E-state index is 13.2. The molecule has 6 heteroatoms. The van der Waals surface area contributed by atoms with Gasteiger partial charge in [0.25, 0.3) is 11.8 Å². The molecule has 0 bridgehead atoms. The number of fused-ring (bicyclic) bond motifs is 1. The summed E-state index contributed by atoms with van der Waals surface area (Å²) in [7, 11) is 0. The molecule has 3 aromatic carbocycles. The zero-order valence-corrected chi connectivity index (χ0v) is 18.9. The highest BCUT2D eigenvalue weighted by atomic mass is 79.9. The lowest BCUT2D eigenvalue weighted by molar-refractivity contribution is -0.113. The summed E-state index contributed by atoms with van der Waals surface area (Å²) in [6, 6.07) is 24.0. The Morgan fingerprint density at radius 2 is 1.62 bits per heavy atom. The van der Waals surface area contributed by atoms with Gasteiger partial charge in [-0.3, -0.25) is 14.6 Å². The van der Waals surface area contributed by atoms with E-state index in [-0.39, 0.29) is 11.6 Å². The van der Waals surface area contributed by atoms with E-state index in [9.17, 15) is 9.59 Å². The number of hydrogen-bond donors (Lipinski definition) is 2. The highest BCUT2D eigenvalue weighted by molar-refractivity contribution is 9.10. The predicted molar refractivity (Wildman–Crippen MR) is 131 cm³/mol. The van der Waals surface area contributed by atoms with Crippen molar-refractivity contribution in [3.8, 4) is 0 Å². The van der Waals surface area contributed by atoms with Gasteiger partial charge in [-0.25, -0.2) is 0 Å². The van der Waals surface area contributed by atoms with Crippen molar-refractivity contribution in [1.29, 1.82) is 0 Å². The van der Waals surface area contributed by atoms with E-state index in [0.717, 1.165) is 21.0 Å². The molecule has 0 atom stereocenters. The van der Waals surface area contributed by atoms with Gasteiger partial charge in [-0.2, -0.15) is 0 Å². The van der Waals surface area contributed by atoms with Crippen LogP contribution in [0, 0.1) is 6.92 Å². The van der Waals surface area contributed by atoms with E-state index in [2.05, 4.69) is 31.5 Å². The summed E-state index contributed by atoms with van der Waals surface area (Å²) in [5.41, 5.74) is 3.67. The lowest BCUT2D eigenvalue weighted by Crippen LogP contribution is -2.30.